The van der Waals surface area contributed by atoms with Crippen molar-refractivity contribution in [3.8, 4) is 5.75 Å². The van der Waals surface area contributed by atoms with Gasteiger partial charge in [-0.05, 0) is 18.1 Å². The molecule has 0 spiro atoms. The van der Waals surface area contributed by atoms with Crippen LogP contribution >= 0.6 is 0 Å². The number of nitrogens with one attached hydrogen (secondary N) is 2. The van der Waals surface area contributed by atoms with Crippen LogP contribution in [0.4, 0.5) is 5.69 Å². The van der Waals surface area contributed by atoms with Crippen molar-refractivity contribution in [2.45, 2.75) is 26.3 Å². The van der Waals surface area contributed by atoms with Crippen LogP contribution in [0.25, 0.3) is 0 Å². The number of carbonyl (C=O) groups excluding carboxylic acids is 2. The second kappa shape index (κ2) is 8.26. The average molecular weight is 293 g/mol. The maximum atomic E-state index is 12.0. The van der Waals surface area contributed by atoms with Crippen molar-refractivity contribution in [2.75, 3.05) is 19.0 Å². The first-order valence-corrected chi connectivity index (χ1v) is 6.97. The fourth-order valence-electron chi connectivity index (χ4n) is 1.62. The first-order valence-electron chi connectivity index (χ1n) is 6.97. The summed E-state index contributed by atoms with van der Waals surface area (Å²) in [6, 6.07) is 6.31. The summed E-state index contributed by atoms with van der Waals surface area (Å²) < 4.78 is 5.32. The molecule has 1 aromatic rings. The van der Waals surface area contributed by atoms with Crippen molar-refractivity contribution in [3.05, 3.63) is 24.3 Å². The van der Waals surface area contributed by atoms with E-state index < -0.39 is 6.04 Å². The van der Waals surface area contributed by atoms with Crippen molar-refractivity contribution in [1.29, 1.82) is 0 Å². The Kier molecular flexibility index (Phi) is 6.68. The van der Waals surface area contributed by atoms with E-state index in [1.807, 2.05) is 13.8 Å². The zero-order valence-corrected chi connectivity index (χ0v) is 12.7. The van der Waals surface area contributed by atoms with Gasteiger partial charge in [0.25, 0.3) is 5.91 Å². The molecule has 2 amide bonds. The van der Waals surface area contributed by atoms with Crippen LogP contribution in [0.15, 0.2) is 24.3 Å². The van der Waals surface area contributed by atoms with Gasteiger partial charge < -0.3 is 21.1 Å². The third-order valence-corrected chi connectivity index (χ3v) is 3.31. The summed E-state index contributed by atoms with van der Waals surface area (Å²) in [5.41, 5.74) is 6.47. The Labute approximate surface area is 125 Å². The van der Waals surface area contributed by atoms with Crippen molar-refractivity contribution >= 4 is 17.5 Å². The summed E-state index contributed by atoms with van der Waals surface area (Å²) in [6.45, 7) is 3.86. The van der Waals surface area contributed by atoms with Gasteiger partial charge in [0.15, 0.2) is 6.61 Å². The Hall–Kier alpha value is -2.08. The monoisotopic (exact) mass is 293 g/mol. The van der Waals surface area contributed by atoms with Gasteiger partial charge in [0.05, 0.1) is 6.04 Å². The van der Waals surface area contributed by atoms with Gasteiger partial charge >= 0.3 is 0 Å². The van der Waals surface area contributed by atoms with Crippen molar-refractivity contribution in [3.63, 3.8) is 0 Å². The van der Waals surface area contributed by atoms with Gasteiger partial charge in [0, 0.05) is 18.8 Å². The summed E-state index contributed by atoms with van der Waals surface area (Å²) in [7, 11) is 1.54. The van der Waals surface area contributed by atoms with Gasteiger partial charge in [-0.15, -0.1) is 0 Å². The highest BCUT2D eigenvalue weighted by atomic mass is 16.5. The highest BCUT2D eigenvalue weighted by Crippen LogP contribution is 2.18. The van der Waals surface area contributed by atoms with E-state index in [9.17, 15) is 9.59 Å². The zero-order chi connectivity index (χ0) is 15.8. The lowest BCUT2D eigenvalue weighted by Gasteiger charge is -2.18. The molecule has 116 valence electrons. The van der Waals surface area contributed by atoms with Gasteiger partial charge in [0.2, 0.25) is 5.91 Å². The lowest BCUT2D eigenvalue weighted by atomic mass is 9.99. The number of rotatable bonds is 7. The zero-order valence-electron chi connectivity index (χ0n) is 12.7. The molecule has 0 saturated carbocycles. The topological polar surface area (TPSA) is 93.5 Å². The molecule has 0 saturated heterocycles. The van der Waals surface area contributed by atoms with E-state index in [1.165, 1.54) is 0 Å². The van der Waals surface area contributed by atoms with Crippen LogP contribution in [0.3, 0.4) is 0 Å². The molecule has 0 aliphatic heterocycles. The summed E-state index contributed by atoms with van der Waals surface area (Å²) in [4.78, 5) is 23.1. The van der Waals surface area contributed by atoms with E-state index in [0.29, 0.717) is 11.4 Å². The first kappa shape index (κ1) is 17.0. The van der Waals surface area contributed by atoms with Gasteiger partial charge in [0.1, 0.15) is 5.75 Å². The molecule has 21 heavy (non-hydrogen) atoms. The van der Waals surface area contributed by atoms with Gasteiger partial charge in [-0.25, -0.2) is 0 Å². The Morgan fingerprint density at radius 2 is 2.10 bits per heavy atom. The fourth-order valence-corrected chi connectivity index (χ4v) is 1.62. The fraction of sp³-hybridized carbons (Fsp3) is 0.467. The van der Waals surface area contributed by atoms with E-state index in [-0.39, 0.29) is 24.3 Å². The Morgan fingerprint density at radius 1 is 1.38 bits per heavy atom. The quantitative estimate of drug-likeness (QED) is 0.702. The molecule has 0 radical (unpaired) electrons. The highest BCUT2D eigenvalue weighted by molar-refractivity contribution is 5.95. The Balaban J connectivity index is 2.64. The molecular weight excluding hydrogens is 270 g/mol. The van der Waals surface area contributed by atoms with Gasteiger partial charge in [-0.2, -0.15) is 0 Å². The molecule has 0 heterocycles. The minimum Gasteiger partial charge on any atom is -0.484 e. The Bertz CT molecular complexity index is 491. The number of anilines is 1. The maximum Gasteiger partial charge on any atom is 0.257 e. The molecule has 6 nitrogen and oxygen atoms in total. The number of ether oxygens (including phenoxy) is 1. The lowest BCUT2D eigenvalue weighted by Crippen LogP contribution is -2.40. The largest absolute Gasteiger partial charge is 0.484 e. The predicted octanol–water partition coefficient (Wildman–Crippen LogP) is 1.12. The molecule has 0 aromatic heterocycles. The molecule has 0 bridgehead atoms. The van der Waals surface area contributed by atoms with E-state index in [2.05, 4.69) is 10.6 Å². The molecule has 0 aliphatic carbocycles. The SMILES string of the molecule is CCC(C)C(N)C(=O)Nc1cccc(OCC(=O)NC)c1. The number of carbonyl (C=O) groups is 2. The third kappa shape index (κ3) is 5.43. The van der Waals surface area contributed by atoms with Crippen LogP contribution in [0.5, 0.6) is 5.75 Å². The smallest absolute Gasteiger partial charge is 0.257 e. The molecule has 0 fully saturated rings. The van der Waals surface area contributed by atoms with Crippen LogP contribution in [0.2, 0.25) is 0 Å². The number of hydrogen-bond acceptors (Lipinski definition) is 4. The summed E-state index contributed by atoms with van der Waals surface area (Å²) in [6.07, 6.45) is 0.837. The second-order valence-electron chi connectivity index (χ2n) is 4.89. The van der Waals surface area contributed by atoms with E-state index in [0.717, 1.165) is 6.42 Å². The number of hydrogen-bond donors (Lipinski definition) is 3. The molecule has 6 heteroatoms. The van der Waals surface area contributed by atoms with Crippen molar-refractivity contribution in [2.24, 2.45) is 11.7 Å². The second-order valence-corrected chi connectivity index (χ2v) is 4.89. The predicted molar refractivity (Wildman–Crippen MR) is 82.1 cm³/mol. The number of likely N-dealkylation sites (N-methyl/N-ethyl adjacent to an activating group) is 1. The Morgan fingerprint density at radius 3 is 2.71 bits per heavy atom. The lowest BCUT2D eigenvalue weighted by molar-refractivity contribution is -0.122. The molecule has 4 N–H and O–H groups in total. The minimum absolute atomic E-state index is 0.0692. The van der Waals surface area contributed by atoms with Crippen LogP contribution in [0.1, 0.15) is 20.3 Å². The van der Waals surface area contributed by atoms with Gasteiger partial charge in [-0.1, -0.05) is 26.3 Å². The minimum atomic E-state index is -0.551. The third-order valence-electron chi connectivity index (χ3n) is 3.31. The molecule has 2 unspecified atom stereocenters. The highest BCUT2D eigenvalue weighted by Gasteiger charge is 2.19. The van der Waals surface area contributed by atoms with Crippen molar-refractivity contribution in [1.82, 2.24) is 5.32 Å². The van der Waals surface area contributed by atoms with Crippen molar-refractivity contribution < 1.29 is 14.3 Å². The summed E-state index contributed by atoms with van der Waals surface area (Å²) in [5, 5.41) is 5.22. The number of benzene rings is 1. The molecule has 0 aliphatic rings. The van der Waals surface area contributed by atoms with Crippen LogP contribution in [0, 0.1) is 5.92 Å². The maximum absolute atomic E-state index is 12.0. The number of nitrogens with two attached hydrogens (primary N) is 1. The molecule has 2 atom stereocenters. The normalized spacial score (nSPS) is 13.1. The first-order chi connectivity index (χ1) is 9.97. The molecule has 1 aromatic carbocycles. The number of amides is 2. The van der Waals surface area contributed by atoms with Crippen LogP contribution in [-0.4, -0.2) is 31.5 Å². The van der Waals surface area contributed by atoms with Crippen LogP contribution in [-0.2, 0) is 9.59 Å². The van der Waals surface area contributed by atoms with E-state index >= 15 is 0 Å². The van der Waals surface area contributed by atoms with Crippen LogP contribution < -0.4 is 21.1 Å². The molecular formula is C15H23N3O3. The summed E-state index contributed by atoms with van der Waals surface area (Å²) >= 11 is 0. The molecule has 1 rings (SSSR count). The van der Waals surface area contributed by atoms with Gasteiger partial charge in [-0.3, -0.25) is 9.59 Å². The van der Waals surface area contributed by atoms with E-state index in [1.54, 1.807) is 31.3 Å². The summed E-state index contributed by atoms with van der Waals surface area (Å²) in [5.74, 6) is 0.169. The van der Waals surface area contributed by atoms with E-state index in [4.69, 9.17) is 10.5 Å². The standard InChI is InChI=1S/C15H23N3O3/c1-4-10(2)14(16)15(20)18-11-6-5-7-12(8-11)21-9-13(19)17-3/h5-8,10,14H,4,9,16H2,1-3H3,(H,17,19)(H,18,20). The average Bonchev–Trinajstić information content (AvgIpc) is 2.51.